The molecule has 0 spiro atoms. The van der Waals surface area contributed by atoms with E-state index < -0.39 is 0 Å². The van der Waals surface area contributed by atoms with Crippen LogP contribution in [0.25, 0.3) is 0 Å². The van der Waals surface area contributed by atoms with Gasteiger partial charge in [-0.2, -0.15) is 0 Å². The molecule has 1 aliphatic rings. The van der Waals surface area contributed by atoms with Crippen LogP contribution in [0.2, 0.25) is 0 Å². The van der Waals surface area contributed by atoms with Crippen molar-refractivity contribution in [3.63, 3.8) is 0 Å². The Labute approximate surface area is 80.0 Å². The highest BCUT2D eigenvalue weighted by Gasteiger charge is 2.09. The van der Waals surface area contributed by atoms with Gasteiger partial charge in [0.15, 0.2) is 0 Å². The van der Waals surface area contributed by atoms with Crippen molar-refractivity contribution in [3.8, 4) is 0 Å². The average Bonchev–Trinajstić information content (AvgIpc) is 2.19. The Balaban J connectivity index is 1.98. The molecule has 0 aromatic carbocycles. The van der Waals surface area contributed by atoms with E-state index in [1.165, 1.54) is 0 Å². The highest BCUT2D eigenvalue weighted by atomic mass is 16.5. The maximum absolute atomic E-state index is 5.49. The Kier molecular flexibility index (Phi) is 5.31. The molecule has 13 heavy (non-hydrogen) atoms. The summed E-state index contributed by atoms with van der Waals surface area (Å²) in [5.41, 5.74) is 5.43. The van der Waals surface area contributed by atoms with Crippen LogP contribution in [0.1, 0.15) is 6.92 Å². The van der Waals surface area contributed by atoms with Gasteiger partial charge in [0.2, 0.25) is 0 Å². The zero-order valence-electron chi connectivity index (χ0n) is 8.37. The van der Waals surface area contributed by atoms with Crippen molar-refractivity contribution in [1.29, 1.82) is 0 Å². The second kappa shape index (κ2) is 6.32. The molecule has 0 radical (unpaired) electrons. The van der Waals surface area contributed by atoms with Crippen molar-refractivity contribution in [3.05, 3.63) is 0 Å². The van der Waals surface area contributed by atoms with Crippen LogP contribution >= 0.6 is 0 Å². The molecule has 4 nitrogen and oxygen atoms in total. The van der Waals surface area contributed by atoms with Gasteiger partial charge >= 0.3 is 0 Å². The highest BCUT2D eigenvalue weighted by molar-refractivity contribution is 4.61. The fourth-order valence-electron chi connectivity index (χ4n) is 1.28. The summed E-state index contributed by atoms with van der Waals surface area (Å²) >= 11 is 0. The van der Waals surface area contributed by atoms with E-state index in [9.17, 15) is 0 Å². The number of rotatable bonds is 5. The van der Waals surface area contributed by atoms with Gasteiger partial charge in [0.1, 0.15) is 0 Å². The Bertz CT molecular complexity index is 127. The van der Waals surface area contributed by atoms with Gasteiger partial charge in [-0.05, 0) is 6.92 Å². The highest BCUT2D eigenvalue weighted by Crippen LogP contribution is 1.96. The lowest BCUT2D eigenvalue weighted by molar-refractivity contribution is 0.00785. The molecule has 1 fully saturated rings. The molecule has 1 heterocycles. The lowest BCUT2D eigenvalue weighted by Gasteiger charge is -2.26. The van der Waals surface area contributed by atoms with Crippen LogP contribution in [0.3, 0.4) is 0 Å². The van der Waals surface area contributed by atoms with Crippen molar-refractivity contribution in [2.45, 2.75) is 13.0 Å². The summed E-state index contributed by atoms with van der Waals surface area (Å²) in [4.78, 5) is 2.35. The molecule has 4 heteroatoms. The van der Waals surface area contributed by atoms with Crippen molar-refractivity contribution >= 4 is 0 Å². The zero-order chi connectivity index (χ0) is 9.52. The van der Waals surface area contributed by atoms with E-state index in [4.69, 9.17) is 15.2 Å². The number of nitrogens with two attached hydrogens (primary N) is 1. The van der Waals surface area contributed by atoms with Gasteiger partial charge in [0.25, 0.3) is 0 Å². The third-order valence-corrected chi connectivity index (χ3v) is 2.25. The van der Waals surface area contributed by atoms with E-state index >= 15 is 0 Å². The number of ether oxygens (including phenoxy) is 2. The minimum Gasteiger partial charge on any atom is -0.379 e. The van der Waals surface area contributed by atoms with Crippen LogP contribution in [-0.4, -0.2) is 57.0 Å². The standard InChI is InChI=1S/C9H20N2O2/c1-9(8-10)13-7-4-11-2-5-12-6-3-11/h9H,2-8,10H2,1H3. The first kappa shape index (κ1) is 10.9. The summed E-state index contributed by atoms with van der Waals surface area (Å²) in [6.07, 6.45) is 0.182. The van der Waals surface area contributed by atoms with Crippen LogP contribution in [0.4, 0.5) is 0 Å². The molecular weight excluding hydrogens is 168 g/mol. The molecule has 1 aliphatic heterocycles. The van der Waals surface area contributed by atoms with E-state index in [-0.39, 0.29) is 6.10 Å². The molecule has 1 saturated heterocycles. The quantitative estimate of drug-likeness (QED) is 0.642. The van der Waals surface area contributed by atoms with E-state index in [0.717, 1.165) is 39.5 Å². The third kappa shape index (κ3) is 4.57. The molecule has 0 aromatic heterocycles. The van der Waals surface area contributed by atoms with Crippen LogP contribution < -0.4 is 5.73 Å². The maximum Gasteiger partial charge on any atom is 0.0669 e. The van der Waals surface area contributed by atoms with Gasteiger partial charge in [-0.3, -0.25) is 4.90 Å². The number of hydrogen-bond donors (Lipinski definition) is 1. The minimum atomic E-state index is 0.182. The molecule has 0 bridgehead atoms. The minimum absolute atomic E-state index is 0.182. The molecule has 0 aromatic rings. The Morgan fingerprint density at radius 3 is 2.77 bits per heavy atom. The number of nitrogens with zero attached hydrogens (tertiary/aromatic N) is 1. The second-order valence-electron chi connectivity index (χ2n) is 3.37. The van der Waals surface area contributed by atoms with Crippen molar-refractivity contribution < 1.29 is 9.47 Å². The van der Waals surface area contributed by atoms with Gasteiger partial charge < -0.3 is 15.2 Å². The smallest absolute Gasteiger partial charge is 0.0669 e. The van der Waals surface area contributed by atoms with Crippen LogP contribution in [0.15, 0.2) is 0 Å². The Morgan fingerprint density at radius 1 is 1.46 bits per heavy atom. The first-order valence-electron chi connectivity index (χ1n) is 4.94. The van der Waals surface area contributed by atoms with Gasteiger partial charge in [0.05, 0.1) is 25.9 Å². The molecule has 78 valence electrons. The summed E-state index contributed by atoms with van der Waals surface area (Å²) < 4.78 is 10.7. The molecule has 0 amide bonds. The number of morpholine rings is 1. The molecule has 0 aliphatic carbocycles. The summed E-state index contributed by atoms with van der Waals surface area (Å²) in [5.74, 6) is 0. The normalized spacial score (nSPS) is 21.7. The fourth-order valence-corrected chi connectivity index (χ4v) is 1.28. The first-order valence-corrected chi connectivity index (χ1v) is 4.94. The molecule has 2 N–H and O–H groups in total. The van der Waals surface area contributed by atoms with Crippen molar-refractivity contribution in [1.82, 2.24) is 4.90 Å². The average molecular weight is 188 g/mol. The monoisotopic (exact) mass is 188 g/mol. The molecule has 1 rings (SSSR count). The third-order valence-electron chi connectivity index (χ3n) is 2.25. The van der Waals surface area contributed by atoms with Crippen molar-refractivity contribution in [2.24, 2.45) is 5.73 Å². The fraction of sp³-hybridized carbons (Fsp3) is 1.00. The summed E-state index contributed by atoms with van der Waals surface area (Å²) in [5, 5.41) is 0. The predicted octanol–water partition coefficient (Wildman–Crippen LogP) is -0.318. The van der Waals surface area contributed by atoms with E-state index in [2.05, 4.69) is 4.90 Å². The van der Waals surface area contributed by atoms with Gasteiger partial charge in [-0.25, -0.2) is 0 Å². The molecule has 1 atom stereocenters. The zero-order valence-corrected chi connectivity index (χ0v) is 8.37. The lowest BCUT2D eigenvalue weighted by Crippen LogP contribution is -2.39. The van der Waals surface area contributed by atoms with E-state index in [1.807, 2.05) is 6.92 Å². The van der Waals surface area contributed by atoms with Crippen LogP contribution in [0.5, 0.6) is 0 Å². The first-order chi connectivity index (χ1) is 6.33. The van der Waals surface area contributed by atoms with E-state index in [1.54, 1.807) is 0 Å². The largest absolute Gasteiger partial charge is 0.379 e. The summed E-state index contributed by atoms with van der Waals surface area (Å²) in [6.45, 7) is 8.13. The summed E-state index contributed by atoms with van der Waals surface area (Å²) in [7, 11) is 0. The maximum atomic E-state index is 5.49. The van der Waals surface area contributed by atoms with Gasteiger partial charge in [0, 0.05) is 26.2 Å². The Hall–Kier alpha value is -0.160. The van der Waals surface area contributed by atoms with Crippen LogP contribution in [0, 0.1) is 0 Å². The summed E-state index contributed by atoms with van der Waals surface area (Å²) in [6, 6.07) is 0. The topological polar surface area (TPSA) is 47.7 Å². The van der Waals surface area contributed by atoms with E-state index in [0.29, 0.717) is 6.54 Å². The Morgan fingerprint density at radius 2 is 2.15 bits per heavy atom. The van der Waals surface area contributed by atoms with Crippen LogP contribution in [-0.2, 0) is 9.47 Å². The molecule has 0 saturated carbocycles. The lowest BCUT2D eigenvalue weighted by atomic mass is 10.4. The van der Waals surface area contributed by atoms with Crippen molar-refractivity contribution in [2.75, 3.05) is 46.0 Å². The SMILES string of the molecule is CC(CN)OCCN1CCOCC1. The predicted molar refractivity (Wildman–Crippen MR) is 51.7 cm³/mol. The molecule has 1 unspecified atom stereocenters. The second-order valence-corrected chi connectivity index (χ2v) is 3.37. The van der Waals surface area contributed by atoms with Gasteiger partial charge in [-0.1, -0.05) is 0 Å². The number of hydrogen-bond acceptors (Lipinski definition) is 4. The van der Waals surface area contributed by atoms with Gasteiger partial charge in [-0.15, -0.1) is 0 Å². The molecular formula is C9H20N2O2.